The van der Waals surface area contributed by atoms with E-state index in [9.17, 15) is 18.0 Å². The summed E-state index contributed by atoms with van der Waals surface area (Å²) in [7, 11) is 0. The second-order valence-electron chi connectivity index (χ2n) is 4.87. The number of rotatable bonds is 3. The van der Waals surface area contributed by atoms with Gasteiger partial charge in [-0.2, -0.15) is 13.2 Å². The molecule has 1 atom stereocenters. The molecule has 106 valence electrons. The topological polar surface area (TPSA) is 29.1 Å². The molecule has 1 N–H and O–H groups in total. The molecule has 0 bridgehead atoms. The Morgan fingerprint density at radius 3 is 2.37 bits per heavy atom. The molecule has 0 saturated carbocycles. The molecule has 0 radical (unpaired) electrons. The summed E-state index contributed by atoms with van der Waals surface area (Å²) < 4.78 is 37.6. The van der Waals surface area contributed by atoms with Crippen molar-refractivity contribution in [2.45, 2.75) is 37.9 Å². The van der Waals surface area contributed by atoms with Gasteiger partial charge in [-0.05, 0) is 39.0 Å². The van der Waals surface area contributed by atoms with E-state index in [1.54, 1.807) is 20.8 Å². The fourth-order valence-corrected chi connectivity index (χ4v) is 1.36. The summed E-state index contributed by atoms with van der Waals surface area (Å²) >= 11 is 5.91. The van der Waals surface area contributed by atoms with Crippen LogP contribution in [0, 0.1) is 0 Å². The summed E-state index contributed by atoms with van der Waals surface area (Å²) in [6.45, 7) is 5.11. The van der Waals surface area contributed by atoms with Crippen molar-refractivity contribution in [3.63, 3.8) is 0 Å². The standard InChI is InChI=1S/C13H15ClF3NO/c1-8(14)12(2,3)18-11(19)9-5-4-6-10(7-9)13(15,16)17/h4-8H,1-3H3,(H,18,19). The van der Waals surface area contributed by atoms with E-state index in [4.69, 9.17) is 11.6 Å². The molecule has 0 spiro atoms. The summed E-state index contributed by atoms with van der Waals surface area (Å²) in [5, 5.41) is 2.25. The zero-order valence-electron chi connectivity index (χ0n) is 10.8. The van der Waals surface area contributed by atoms with Gasteiger partial charge in [0.1, 0.15) is 0 Å². The average molecular weight is 294 g/mol. The lowest BCUT2D eigenvalue weighted by molar-refractivity contribution is -0.137. The van der Waals surface area contributed by atoms with Crippen LogP contribution in [0.25, 0.3) is 0 Å². The third kappa shape index (κ3) is 4.13. The van der Waals surface area contributed by atoms with Crippen LogP contribution >= 0.6 is 11.6 Å². The molecular weight excluding hydrogens is 279 g/mol. The first-order chi connectivity index (χ1) is 8.54. The lowest BCUT2D eigenvalue weighted by Gasteiger charge is -2.29. The van der Waals surface area contributed by atoms with Crippen LogP contribution in [0.4, 0.5) is 13.2 Å². The van der Waals surface area contributed by atoms with Gasteiger partial charge in [0.05, 0.1) is 16.5 Å². The van der Waals surface area contributed by atoms with Gasteiger partial charge in [-0.3, -0.25) is 4.79 Å². The molecule has 19 heavy (non-hydrogen) atoms. The average Bonchev–Trinajstić information content (AvgIpc) is 2.27. The van der Waals surface area contributed by atoms with E-state index >= 15 is 0 Å². The van der Waals surface area contributed by atoms with E-state index in [0.29, 0.717) is 0 Å². The van der Waals surface area contributed by atoms with E-state index in [0.717, 1.165) is 12.1 Å². The Bertz CT molecular complexity index is 469. The SMILES string of the molecule is CC(Cl)C(C)(C)NC(=O)c1cccc(C(F)(F)F)c1. The summed E-state index contributed by atoms with van der Waals surface area (Å²) in [4.78, 5) is 11.9. The molecule has 1 rings (SSSR count). The zero-order valence-corrected chi connectivity index (χ0v) is 11.6. The molecule has 1 aromatic carbocycles. The maximum atomic E-state index is 12.5. The summed E-state index contributed by atoms with van der Waals surface area (Å²) in [6, 6.07) is 4.28. The molecule has 1 aromatic rings. The van der Waals surface area contributed by atoms with E-state index in [1.807, 2.05) is 0 Å². The van der Waals surface area contributed by atoms with Crippen molar-refractivity contribution >= 4 is 17.5 Å². The van der Waals surface area contributed by atoms with Crippen molar-refractivity contribution in [3.05, 3.63) is 35.4 Å². The van der Waals surface area contributed by atoms with Crippen LogP contribution in [0.1, 0.15) is 36.7 Å². The number of carbonyl (C=O) groups excluding carboxylic acids is 1. The van der Waals surface area contributed by atoms with Crippen LogP contribution < -0.4 is 5.32 Å². The minimum absolute atomic E-state index is 0.0415. The Morgan fingerprint density at radius 2 is 1.89 bits per heavy atom. The number of carbonyl (C=O) groups is 1. The second kappa shape index (κ2) is 5.41. The van der Waals surface area contributed by atoms with Gasteiger partial charge in [0, 0.05) is 5.56 Å². The summed E-state index contributed by atoms with van der Waals surface area (Å²) in [6.07, 6.45) is -4.47. The molecular formula is C13H15ClF3NO. The van der Waals surface area contributed by atoms with Crippen LogP contribution in [-0.4, -0.2) is 16.8 Å². The van der Waals surface area contributed by atoms with Crippen LogP contribution in [0.3, 0.4) is 0 Å². The molecule has 0 aliphatic heterocycles. The molecule has 0 fully saturated rings. The van der Waals surface area contributed by atoms with Gasteiger partial charge in [0.2, 0.25) is 0 Å². The Morgan fingerprint density at radius 1 is 1.32 bits per heavy atom. The number of nitrogens with one attached hydrogen (secondary N) is 1. The number of alkyl halides is 4. The Balaban J connectivity index is 2.96. The molecule has 1 amide bonds. The third-order valence-corrected chi connectivity index (χ3v) is 3.43. The molecule has 0 aliphatic carbocycles. The largest absolute Gasteiger partial charge is 0.416 e. The Kier molecular flexibility index (Phi) is 4.50. The van der Waals surface area contributed by atoms with Crippen LogP contribution in [-0.2, 0) is 6.18 Å². The maximum Gasteiger partial charge on any atom is 0.416 e. The normalized spacial score (nSPS) is 14.1. The zero-order chi connectivity index (χ0) is 14.8. The van der Waals surface area contributed by atoms with Crippen LogP contribution in [0.5, 0.6) is 0 Å². The van der Waals surface area contributed by atoms with Gasteiger partial charge in [-0.15, -0.1) is 11.6 Å². The van der Waals surface area contributed by atoms with Crippen molar-refractivity contribution in [1.82, 2.24) is 5.32 Å². The number of benzene rings is 1. The lowest BCUT2D eigenvalue weighted by atomic mass is 10.0. The molecule has 1 unspecified atom stereocenters. The smallest absolute Gasteiger partial charge is 0.346 e. The Labute approximate surface area is 114 Å². The highest BCUT2D eigenvalue weighted by atomic mass is 35.5. The highest BCUT2D eigenvalue weighted by Crippen LogP contribution is 2.29. The van der Waals surface area contributed by atoms with Gasteiger partial charge < -0.3 is 5.32 Å². The first-order valence-electron chi connectivity index (χ1n) is 5.68. The molecule has 0 aromatic heterocycles. The highest BCUT2D eigenvalue weighted by Gasteiger charge is 2.32. The number of hydrogen-bond acceptors (Lipinski definition) is 1. The minimum atomic E-state index is -4.47. The van der Waals surface area contributed by atoms with Crippen LogP contribution in [0.2, 0.25) is 0 Å². The quantitative estimate of drug-likeness (QED) is 0.843. The number of hydrogen-bond donors (Lipinski definition) is 1. The predicted molar refractivity (Wildman–Crippen MR) is 68.3 cm³/mol. The molecule has 2 nitrogen and oxygen atoms in total. The van der Waals surface area contributed by atoms with Crippen molar-refractivity contribution < 1.29 is 18.0 Å². The fourth-order valence-electron chi connectivity index (χ4n) is 1.30. The molecule has 0 saturated heterocycles. The number of amides is 1. The number of halogens is 4. The third-order valence-electron chi connectivity index (χ3n) is 2.88. The van der Waals surface area contributed by atoms with Gasteiger partial charge >= 0.3 is 6.18 Å². The minimum Gasteiger partial charge on any atom is -0.346 e. The molecule has 6 heteroatoms. The van der Waals surface area contributed by atoms with E-state index in [-0.39, 0.29) is 10.9 Å². The van der Waals surface area contributed by atoms with Crippen LogP contribution in [0.15, 0.2) is 24.3 Å². The van der Waals surface area contributed by atoms with E-state index < -0.39 is 23.2 Å². The van der Waals surface area contributed by atoms with E-state index in [1.165, 1.54) is 12.1 Å². The predicted octanol–water partition coefficient (Wildman–Crippen LogP) is 3.84. The van der Waals surface area contributed by atoms with Crippen molar-refractivity contribution in [3.8, 4) is 0 Å². The Hall–Kier alpha value is -1.23. The molecule has 0 heterocycles. The van der Waals surface area contributed by atoms with Gasteiger partial charge in [-0.1, -0.05) is 6.07 Å². The summed E-state index contributed by atoms with van der Waals surface area (Å²) in [5.74, 6) is -0.580. The monoisotopic (exact) mass is 293 g/mol. The van der Waals surface area contributed by atoms with Gasteiger partial charge in [0.25, 0.3) is 5.91 Å². The maximum absolute atomic E-state index is 12.5. The first-order valence-corrected chi connectivity index (χ1v) is 6.11. The lowest BCUT2D eigenvalue weighted by Crippen LogP contribution is -2.49. The van der Waals surface area contributed by atoms with E-state index in [2.05, 4.69) is 5.32 Å². The van der Waals surface area contributed by atoms with Gasteiger partial charge in [0.15, 0.2) is 0 Å². The molecule has 0 aliphatic rings. The second-order valence-corrected chi connectivity index (χ2v) is 5.53. The van der Waals surface area contributed by atoms with Gasteiger partial charge in [-0.25, -0.2) is 0 Å². The summed E-state index contributed by atoms with van der Waals surface area (Å²) in [5.41, 5.74) is -1.61. The van der Waals surface area contributed by atoms with Crippen molar-refractivity contribution in [2.75, 3.05) is 0 Å². The van der Waals surface area contributed by atoms with Crippen molar-refractivity contribution in [1.29, 1.82) is 0 Å². The van der Waals surface area contributed by atoms with Crippen molar-refractivity contribution in [2.24, 2.45) is 0 Å². The first kappa shape index (κ1) is 15.8. The highest BCUT2D eigenvalue weighted by molar-refractivity contribution is 6.21. The fraction of sp³-hybridized carbons (Fsp3) is 0.462.